The highest BCUT2D eigenvalue weighted by Gasteiger charge is 2.19. The van der Waals surface area contributed by atoms with E-state index >= 15 is 0 Å². The number of carbonyl (C=O) groups is 7. The molecule has 0 saturated carbocycles. The molecule has 0 radical (unpaired) electrons. The molecule has 64 heavy (non-hydrogen) atoms. The largest absolute Gasteiger partial charge is 0.481 e. The third kappa shape index (κ3) is 46.5. The molecule has 0 fully saturated rings. The number of carboxylic acid groups (broad SMARTS) is 2. The number of hydrogen-bond acceptors (Lipinski definition) is 12. The zero-order valence-corrected chi connectivity index (χ0v) is 39.7. The number of carboxylic acids is 2. The van der Waals surface area contributed by atoms with Crippen LogP contribution in [-0.4, -0.2) is 135 Å². The van der Waals surface area contributed by atoms with Gasteiger partial charge < -0.3 is 50.2 Å². The zero-order chi connectivity index (χ0) is 47.9. The molecule has 0 aromatic heterocycles. The third-order valence-corrected chi connectivity index (χ3v) is 10.3. The van der Waals surface area contributed by atoms with E-state index < -0.39 is 30.5 Å². The van der Waals surface area contributed by atoms with Crippen molar-refractivity contribution >= 4 is 41.2 Å². The van der Waals surface area contributed by atoms with Crippen LogP contribution in [0.5, 0.6) is 0 Å². The van der Waals surface area contributed by atoms with E-state index in [4.69, 9.17) is 34.3 Å². The Kier molecular flexibility index (Phi) is 46.4. The monoisotopic (exact) mass is 918 g/mol. The number of aliphatic carboxylic acids is 2. The number of amides is 3. The number of ether oxygens (including phenoxy) is 4. The van der Waals surface area contributed by atoms with Crippen LogP contribution >= 0.6 is 0 Å². The minimum atomic E-state index is -1.18. The summed E-state index contributed by atoms with van der Waals surface area (Å²) in [6, 6.07) is -1.08. The number of nitrogens with one attached hydrogen (secondary N) is 3. The van der Waals surface area contributed by atoms with Crippen molar-refractivity contribution in [2.45, 2.75) is 181 Å². The summed E-state index contributed by atoms with van der Waals surface area (Å²) in [4.78, 5) is 79.3. The van der Waals surface area contributed by atoms with E-state index in [1.807, 2.05) is 6.92 Å². The molecular weight excluding hydrogens is 831 g/mol. The highest BCUT2D eigenvalue weighted by atomic mass is 16.5. The first-order valence-corrected chi connectivity index (χ1v) is 24.1. The van der Waals surface area contributed by atoms with Gasteiger partial charge in [-0.1, -0.05) is 110 Å². The second-order valence-corrected chi connectivity index (χ2v) is 16.1. The average Bonchev–Trinajstić information content (AvgIpc) is 3.26. The van der Waals surface area contributed by atoms with Crippen LogP contribution in [0.1, 0.15) is 175 Å². The molecule has 2 atom stereocenters. The van der Waals surface area contributed by atoms with Gasteiger partial charge in [-0.25, -0.2) is 4.79 Å². The Labute approximate surface area is 383 Å². The van der Waals surface area contributed by atoms with E-state index in [0.29, 0.717) is 38.8 Å². The summed E-state index contributed by atoms with van der Waals surface area (Å²) in [5, 5.41) is 34.2. The van der Waals surface area contributed by atoms with Gasteiger partial charge in [-0.05, 0) is 38.5 Å². The lowest BCUT2D eigenvalue weighted by molar-refractivity contribution is -0.142. The molecule has 0 aliphatic carbocycles. The van der Waals surface area contributed by atoms with Crippen molar-refractivity contribution in [3.8, 4) is 0 Å². The first-order valence-electron chi connectivity index (χ1n) is 24.1. The maximum Gasteiger partial charge on any atom is 0.326 e. The lowest BCUT2D eigenvalue weighted by Crippen LogP contribution is -2.39. The van der Waals surface area contributed by atoms with Gasteiger partial charge in [0.05, 0.1) is 33.0 Å². The highest BCUT2D eigenvalue weighted by molar-refractivity contribution is 5.84. The second kappa shape index (κ2) is 47.5. The molecule has 3 amide bonds. The Hall–Kier alpha value is -3.51. The fourth-order valence-electron chi connectivity index (χ4n) is 6.55. The van der Waals surface area contributed by atoms with Crippen LogP contribution in [0.3, 0.4) is 0 Å². The summed E-state index contributed by atoms with van der Waals surface area (Å²) in [5.74, 6) is -3.23. The van der Waals surface area contributed by atoms with Crippen LogP contribution in [0.25, 0.3) is 0 Å². The van der Waals surface area contributed by atoms with Crippen molar-refractivity contribution in [3.05, 3.63) is 0 Å². The minimum absolute atomic E-state index is 0.0346. The zero-order valence-electron chi connectivity index (χ0n) is 39.7. The topological polar surface area (TPSA) is 253 Å². The predicted molar refractivity (Wildman–Crippen MR) is 245 cm³/mol. The Balaban J connectivity index is 0. The molecule has 17 heteroatoms. The quantitative estimate of drug-likeness (QED) is 0.0378. The van der Waals surface area contributed by atoms with Gasteiger partial charge in [0, 0.05) is 51.8 Å². The van der Waals surface area contributed by atoms with Gasteiger partial charge in [-0.2, -0.15) is 0 Å². The fraction of sp³-hybridized carbons (Fsp3) is 0.851. The molecule has 17 nitrogen and oxygen atoms in total. The summed E-state index contributed by atoms with van der Waals surface area (Å²) in [6.07, 6.45) is 23.9. The molecule has 0 aromatic carbocycles. The molecule has 6 N–H and O–H groups in total. The number of unbranched alkanes of at least 4 members (excludes halogenated alkanes) is 15. The SMILES string of the molecule is CCCCCCCCCCCCCCCCCC(=O)O.CC[C@@H](CCCCNC(=O)COCCOCCNC(=O)COCCOCCCC(=O)CC[C@H](NC(C)=O)C(=O)O)C(=O)CO. The Morgan fingerprint density at radius 1 is 0.516 bits per heavy atom. The Bertz CT molecular complexity index is 1210. The number of aliphatic hydroxyl groups excluding tert-OH is 1. The molecule has 0 bridgehead atoms. The maximum atomic E-state index is 11.9. The van der Waals surface area contributed by atoms with E-state index in [0.717, 1.165) is 25.7 Å². The predicted octanol–water partition coefficient (Wildman–Crippen LogP) is 6.09. The second-order valence-electron chi connectivity index (χ2n) is 16.1. The van der Waals surface area contributed by atoms with Crippen LogP contribution in [0, 0.1) is 5.92 Å². The summed E-state index contributed by atoms with van der Waals surface area (Å²) < 4.78 is 21.2. The van der Waals surface area contributed by atoms with Gasteiger partial charge in [0.25, 0.3) is 0 Å². The molecule has 0 saturated heterocycles. The lowest BCUT2D eigenvalue weighted by Gasteiger charge is -2.12. The van der Waals surface area contributed by atoms with E-state index in [2.05, 4.69) is 22.9 Å². The minimum Gasteiger partial charge on any atom is -0.481 e. The van der Waals surface area contributed by atoms with Gasteiger partial charge in [0.1, 0.15) is 31.6 Å². The van der Waals surface area contributed by atoms with Crippen molar-refractivity contribution in [2.24, 2.45) is 5.92 Å². The van der Waals surface area contributed by atoms with Crippen molar-refractivity contribution in [3.63, 3.8) is 0 Å². The molecule has 0 spiro atoms. The first kappa shape index (κ1) is 62.6. The van der Waals surface area contributed by atoms with Gasteiger partial charge in [-0.3, -0.25) is 28.8 Å². The van der Waals surface area contributed by atoms with Crippen LogP contribution in [-0.2, 0) is 52.5 Å². The summed E-state index contributed by atoms with van der Waals surface area (Å²) in [7, 11) is 0. The summed E-state index contributed by atoms with van der Waals surface area (Å²) >= 11 is 0. The van der Waals surface area contributed by atoms with Gasteiger partial charge in [-0.15, -0.1) is 0 Å². The van der Waals surface area contributed by atoms with Gasteiger partial charge in [0.2, 0.25) is 17.7 Å². The molecule has 0 rings (SSSR count). The van der Waals surface area contributed by atoms with Crippen LogP contribution in [0.4, 0.5) is 0 Å². The normalized spacial score (nSPS) is 11.8. The maximum absolute atomic E-state index is 11.9. The van der Waals surface area contributed by atoms with E-state index in [9.17, 15) is 33.6 Å². The lowest BCUT2D eigenvalue weighted by atomic mass is 9.95. The molecular formula is C47H87N3O14. The molecule has 0 aliphatic heterocycles. The van der Waals surface area contributed by atoms with Gasteiger partial charge >= 0.3 is 11.9 Å². The molecule has 0 unspecified atom stereocenters. The standard InChI is InChI=1S/C29H51N3O12.C18H36O2/c1-3-23(26(36)19-33)7-4-5-11-30-27(37)20-44-18-16-42-14-12-31-28(38)21-43-17-15-41-13-6-8-24(35)9-10-25(29(39)40)32-22(2)34;1-2-3-4-5-6-7-8-9-10-11-12-13-14-15-16-17-18(19)20/h23,25,33H,3-21H2,1-2H3,(H,30,37)(H,31,38)(H,32,34)(H,39,40);2-17H2,1H3,(H,19,20)/t23-,25-;/m0./s1. The van der Waals surface area contributed by atoms with Crippen LogP contribution < -0.4 is 16.0 Å². The van der Waals surface area contributed by atoms with Crippen molar-refractivity contribution in [2.75, 3.05) is 72.6 Å². The van der Waals surface area contributed by atoms with Gasteiger partial charge in [0.15, 0.2) is 5.78 Å². The number of ketones is 2. The smallest absolute Gasteiger partial charge is 0.326 e. The summed E-state index contributed by atoms with van der Waals surface area (Å²) in [5.41, 5.74) is 0. The van der Waals surface area contributed by atoms with E-state index in [1.165, 1.54) is 90.4 Å². The number of rotatable bonds is 46. The van der Waals surface area contributed by atoms with Crippen molar-refractivity contribution < 1.29 is 67.8 Å². The van der Waals surface area contributed by atoms with Crippen molar-refractivity contribution in [1.82, 2.24) is 16.0 Å². The molecule has 0 aliphatic rings. The van der Waals surface area contributed by atoms with Crippen LogP contribution in [0.15, 0.2) is 0 Å². The van der Waals surface area contributed by atoms with Crippen molar-refractivity contribution in [1.29, 1.82) is 0 Å². The number of hydrogen-bond donors (Lipinski definition) is 6. The number of carbonyl (C=O) groups excluding carboxylic acids is 5. The molecule has 0 heterocycles. The Morgan fingerprint density at radius 3 is 1.50 bits per heavy atom. The third-order valence-electron chi connectivity index (χ3n) is 10.3. The molecule has 0 aromatic rings. The fourth-order valence-corrected chi connectivity index (χ4v) is 6.55. The van der Waals surface area contributed by atoms with E-state index in [1.54, 1.807) is 0 Å². The van der Waals surface area contributed by atoms with Crippen LogP contribution in [0.2, 0.25) is 0 Å². The van der Waals surface area contributed by atoms with E-state index in [-0.39, 0.29) is 101 Å². The number of aliphatic hydroxyl groups is 1. The summed E-state index contributed by atoms with van der Waals surface area (Å²) in [6.45, 7) is 7.04. The molecule has 374 valence electrons. The number of Topliss-reactive ketones (excluding diaryl/α,β-unsaturated/α-hetero) is 2. The first-order chi connectivity index (χ1) is 30.9. The average molecular weight is 918 g/mol. The Morgan fingerprint density at radius 2 is 1.02 bits per heavy atom. The highest BCUT2D eigenvalue weighted by Crippen LogP contribution is 2.15.